The van der Waals surface area contributed by atoms with E-state index < -0.39 is 9.04 Å². The van der Waals surface area contributed by atoms with Crippen molar-refractivity contribution in [3.63, 3.8) is 0 Å². The van der Waals surface area contributed by atoms with Crippen molar-refractivity contribution in [2.45, 2.75) is 59.9 Å². The van der Waals surface area contributed by atoms with Gasteiger partial charge in [-0.25, -0.2) is 4.98 Å². The number of rotatable bonds is 7. The predicted octanol–water partition coefficient (Wildman–Crippen LogP) is 4.80. The lowest BCUT2D eigenvalue weighted by Crippen LogP contribution is -2.28. The van der Waals surface area contributed by atoms with E-state index in [0.29, 0.717) is 0 Å². The molecule has 0 bridgehead atoms. The Labute approximate surface area is 153 Å². The number of methoxy groups -OCH3 is 1. The van der Waals surface area contributed by atoms with Crippen LogP contribution in [0.2, 0.25) is 13.1 Å². The lowest BCUT2D eigenvalue weighted by Gasteiger charge is -2.33. The maximum absolute atomic E-state index is 6.37. The Morgan fingerprint density at radius 3 is 2.48 bits per heavy atom. The number of hydrogen-bond acceptors (Lipinski definition) is 3. The summed E-state index contributed by atoms with van der Waals surface area (Å²) < 4.78 is 14.2. The molecule has 2 aromatic rings. The van der Waals surface area contributed by atoms with E-state index in [2.05, 4.69) is 62.5 Å². The fourth-order valence-electron chi connectivity index (χ4n) is 3.04. The molecule has 1 aromatic carbocycles. The van der Waals surface area contributed by atoms with Crippen molar-refractivity contribution in [1.82, 2.24) is 9.55 Å². The van der Waals surface area contributed by atoms with Gasteiger partial charge in [0, 0.05) is 6.54 Å². The summed E-state index contributed by atoms with van der Waals surface area (Å²) in [5.41, 5.74) is 2.41. The molecule has 0 aliphatic rings. The van der Waals surface area contributed by atoms with Crippen molar-refractivity contribution in [2.24, 2.45) is 5.41 Å². The maximum Gasteiger partial charge on any atom is 0.205 e. The first-order chi connectivity index (χ1) is 11.7. The Morgan fingerprint density at radius 2 is 1.88 bits per heavy atom. The highest BCUT2D eigenvalue weighted by Gasteiger charge is 2.31. The van der Waals surface area contributed by atoms with Crippen LogP contribution in [0.4, 0.5) is 0 Å². The molecule has 137 valence electrons. The van der Waals surface area contributed by atoms with Crippen molar-refractivity contribution >= 4 is 9.04 Å². The molecule has 0 spiro atoms. The van der Waals surface area contributed by atoms with Crippen molar-refractivity contribution in [3.8, 4) is 5.75 Å². The Balaban J connectivity index is 2.28. The van der Waals surface area contributed by atoms with Crippen LogP contribution in [0.5, 0.6) is 5.75 Å². The molecule has 0 saturated carbocycles. The SMILES string of the molecule is COc1ccccc1CCn1c(C(O[Si](C)C)C(C)(C)C)cnc1C. The third-order valence-electron chi connectivity index (χ3n) is 4.29. The number of ether oxygens (including phenoxy) is 1. The highest BCUT2D eigenvalue weighted by atomic mass is 28.3. The van der Waals surface area contributed by atoms with E-state index in [4.69, 9.17) is 9.16 Å². The third kappa shape index (κ3) is 4.95. The van der Waals surface area contributed by atoms with E-state index in [1.165, 1.54) is 11.3 Å². The summed E-state index contributed by atoms with van der Waals surface area (Å²) in [6.07, 6.45) is 2.94. The van der Waals surface area contributed by atoms with E-state index in [1.54, 1.807) is 7.11 Å². The molecule has 25 heavy (non-hydrogen) atoms. The van der Waals surface area contributed by atoms with Gasteiger partial charge in [0.1, 0.15) is 11.6 Å². The minimum absolute atomic E-state index is 0.0244. The minimum Gasteiger partial charge on any atom is -0.496 e. The molecule has 0 amide bonds. The molecule has 4 nitrogen and oxygen atoms in total. The smallest absolute Gasteiger partial charge is 0.205 e. The molecule has 0 saturated heterocycles. The second-order valence-corrected chi connectivity index (χ2v) is 9.77. The number of aryl methyl sites for hydroxylation is 2. The van der Waals surface area contributed by atoms with Gasteiger partial charge in [0.05, 0.1) is 25.1 Å². The molecular weight excluding hydrogens is 328 g/mol. The molecule has 1 unspecified atom stereocenters. The molecule has 0 aliphatic carbocycles. The molecular formula is C20H31N2O2Si. The molecule has 1 heterocycles. The first kappa shape index (κ1) is 19.7. The summed E-state index contributed by atoms with van der Waals surface area (Å²) in [4.78, 5) is 4.58. The molecule has 1 aromatic heterocycles. The molecule has 0 aliphatic heterocycles. The topological polar surface area (TPSA) is 36.3 Å². The predicted molar refractivity (Wildman–Crippen MR) is 104 cm³/mol. The van der Waals surface area contributed by atoms with Gasteiger partial charge in [-0.05, 0) is 43.5 Å². The Morgan fingerprint density at radius 1 is 1.20 bits per heavy atom. The van der Waals surface area contributed by atoms with Crippen molar-refractivity contribution in [1.29, 1.82) is 0 Å². The van der Waals surface area contributed by atoms with Crippen molar-refractivity contribution in [3.05, 3.63) is 47.5 Å². The van der Waals surface area contributed by atoms with E-state index in [-0.39, 0.29) is 11.5 Å². The van der Waals surface area contributed by atoms with Crippen LogP contribution in [0.3, 0.4) is 0 Å². The zero-order valence-corrected chi connectivity index (χ0v) is 17.6. The third-order valence-corrected chi connectivity index (χ3v) is 5.00. The van der Waals surface area contributed by atoms with Gasteiger partial charge in [0.15, 0.2) is 0 Å². The second kappa shape index (κ2) is 8.19. The van der Waals surface area contributed by atoms with Gasteiger partial charge >= 0.3 is 0 Å². The zero-order valence-electron chi connectivity index (χ0n) is 16.6. The standard InChI is InChI=1S/C20H31N2O2Si/c1-15-21-14-17(19(20(2,3)4)24-25(6)7)22(15)13-12-16-10-8-9-11-18(16)23-5/h8-11,14,19H,12-13H2,1-7H3. The lowest BCUT2D eigenvalue weighted by molar-refractivity contribution is 0.0790. The van der Waals surface area contributed by atoms with Gasteiger partial charge in [0.2, 0.25) is 9.04 Å². The van der Waals surface area contributed by atoms with Gasteiger partial charge in [-0.1, -0.05) is 39.0 Å². The van der Waals surface area contributed by atoms with E-state index in [0.717, 1.165) is 24.5 Å². The molecule has 2 rings (SSSR count). The van der Waals surface area contributed by atoms with E-state index in [1.807, 2.05) is 18.3 Å². The van der Waals surface area contributed by atoms with Crippen LogP contribution in [0.1, 0.15) is 44.0 Å². The Hall–Kier alpha value is -1.59. The van der Waals surface area contributed by atoms with E-state index in [9.17, 15) is 0 Å². The number of benzene rings is 1. The van der Waals surface area contributed by atoms with E-state index >= 15 is 0 Å². The summed E-state index contributed by atoms with van der Waals surface area (Å²) >= 11 is 0. The highest BCUT2D eigenvalue weighted by Crippen LogP contribution is 2.37. The van der Waals surface area contributed by atoms with Crippen molar-refractivity contribution < 1.29 is 9.16 Å². The number of hydrogen-bond donors (Lipinski definition) is 0. The fourth-order valence-corrected chi connectivity index (χ4v) is 3.99. The van der Waals surface area contributed by atoms with Crippen LogP contribution in [-0.2, 0) is 17.4 Å². The highest BCUT2D eigenvalue weighted by molar-refractivity contribution is 6.48. The average molecular weight is 360 g/mol. The van der Waals surface area contributed by atoms with Gasteiger partial charge < -0.3 is 13.7 Å². The van der Waals surface area contributed by atoms with Crippen LogP contribution in [-0.4, -0.2) is 25.7 Å². The Bertz CT molecular complexity index is 689. The second-order valence-electron chi connectivity index (χ2n) is 7.72. The normalized spacial score (nSPS) is 13.3. The van der Waals surface area contributed by atoms with Gasteiger partial charge in [0.25, 0.3) is 0 Å². The zero-order chi connectivity index (χ0) is 18.6. The van der Waals surface area contributed by atoms with Gasteiger partial charge in [-0.2, -0.15) is 0 Å². The summed E-state index contributed by atoms with van der Waals surface area (Å²) in [7, 11) is 0.916. The summed E-state index contributed by atoms with van der Waals surface area (Å²) in [6.45, 7) is 14.0. The number of aromatic nitrogens is 2. The summed E-state index contributed by atoms with van der Waals surface area (Å²) in [5, 5.41) is 0. The largest absolute Gasteiger partial charge is 0.496 e. The number of nitrogens with zero attached hydrogens (tertiary/aromatic N) is 2. The van der Waals surface area contributed by atoms with Crippen LogP contribution in [0, 0.1) is 12.3 Å². The lowest BCUT2D eigenvalue weighted by atomic mass is 9.87. The van der Waals surface area contributed by atoms with Crippen LogP contribution < -0.4 is 4.74 Å². The number of imidazole rings is 1. The Kier molecular flexibility index (Phi) is 6.46. The summed E-state index contributed by atoms with van der Waals surface area (Å²) in [5.74, 6) is 1.97. The molecule has 1 atom stereocenters. The fraction of sp³-hybridized carbons (Fsp3) is 0.550. The van der Waals surface area contributed by atoms with Crippen LogP contribution >= 0.6 is 0 Å². The van der Waals surface area contributed by atoms with Gasteiger partial charge in [-0.3, -0.25) is 0 Å². The molecule has 1 radical (unpaired) electrons. The van der Waals surface area contributed by atoms with Crippen molar-refractivity contribution in [2.75, 3.05) is 7.11 Å². The maximum atomic E-state index is 6.37. The first-order valence-corrected chi connectivity index (χ1v) is 11.3. The monoisotopic (exact) mass is 359 g/mol. The van der Waals surface area contributed by atoms with Gasteiger partial charge in [-0.15, -0.1) is 0 Å². The van der Waals surface area contributed by atoms with Crippen LogP contribution in [0.15, 0.2) is 30.5 Å². The average Bonchev–Trinajstić information content (AvgIpc) is 2.90. The molecule has 5 heteroatoms. The van der Waals surface area contributed by atoms with Crippen LogP contribution in [0.25, 0.3) is 0 Å². The first-order valence-electron chi connectivity index (χ1n) is 8.84. The minimum atomic E-state index is -0.808. The number of para-hydroxylation sites is 1. The molecule has 0 fully saturated rings. The molecule has 0 N–H and O–H groups in total. The quantitative estimate of drug-likeness (QED) is 0.666. The summed E-state index contributed by atoms with van der Waals surface area (Å²) in [6, 6.07) is 8.21.